The number of ether oxygens (including phenoxy) is 2. The van der Waals surface area contributed by atoms with E-state index in [0.717, 1.165) is 24.2 Å². The second kappa shape index (κ2) is 6.51. The fraction of sp³-hybridized carbons (Fsp3) is 0.538. The third-order valence-electron chi connectivity index (χ3n) is 2.83. The molecule has 0 aliphatic carbocycles. The largest absolute Gasteiger partial charge is 0.496 e. The number of methoxy groups -OCH3 is 2. The molecular weight excluding hydrogens is 202 g/mol. The van der Waals surface area contributed by atoms with Crippen LogP contribution >= 0.6 is 0 Å². The quantitative estimate of drug-likeness (QED) is 0.802. The molecule has 0 fully saturated rings. The predicted molar refractivity (Wildman–Crippen MR) is 65.8 cm³/mol. The van der Waals surface area contributed by atoms with Crippen molar-refractivity contribution in [2.45, 2.75) is 31.9 Å². The Bertz CT molecular complexity index is 311. The number of hydrogen-bond acceptors (Lipinski definition) is 3. The van der Waals surface area contributed by atoms with Crippen LogP contribution in [0.2, 0.25) is 0 Å². The molecule has 16 heavy (non-hydrogen) atoms. The number of rotatable bonds is 6. The van der Waals surface area contributed by atoms with Crippen LogP contribution in [0, 0.1) is 0 Å². The van der Waals surface area contributed by atoms with Crippen molar-refractivity contribution in [3.05, 3.63) is 29.8 Å². The van der Waals surface area contributed by atoms with Gasteiger partial charge in [0, 0.05) is 13.2 Å². The first kappa shape index (κ1) is 13.0. The van der Waals surface area contributed by atoms with Gasteiger partial charge in [0.25, 0.3) is 0 Å². The molecule has 1 aromatic rings. The standard InChI is InChI=1S/C13H21NO2/c1-4-12(15-2)11(14)9-10-7-5-6-8-13(10)16-3/h5-8,11-12H,4,9,14H2,1-3H3. The van der Waals surface area contributed by atoms with Gasteiger partial charge in [0.05, 0.1) is 13.2 Å². The average molecular weight is 223 g/mol. The summed E-state index contributed by atoms with van der Waals surface area (Å²) < 4.78 is 10.6. The van der Waals surface area contributed by atoms with Crippen molar-refractivity contribution >= 4 is 0 Å². The third-order valence-corrected chi connectivity index (χ3v) is 2.83. The van der Waals surface area contributed by atoms with Crippen molar-refractivity contribution < 1.29 is 9.47 Å². The molecule has 0 saturated carbocycles. The summed E-state index contributed by atoms with van der Waals surface area (Å²) in [6.07, 6.45) is 1.80. The van der Waals surface area contributed by atoms with Gasteiger partial charge >= 0.3 is 0 Å². The molecule has 0 saturated heterocycles. The Morgan fingerprint density at radius 1 is 1.25 bits per heavy atom. The van der Waals surface area contributed by atoms with Gasteiger partial charge in [0.2, 0.25) is 0 Å². The minimum atomic E-state index is 0.00583. The van der Waals surface area contributed by atoms with Gasteiger partial charge in [0.15, 0.2) is 0 Å². The maximum absolute atomic E-state index is 6.11. The Kier molecular flexibility index (Phi) is 5.29. The number of para-hydroxylation sites is 1. The SMILES string of the molecule is CCC(OC)C(N)Cc1ccccc1OC. The summed E-state index contributed by atoms with van der Waals surface area (Å²) in [6.45, 7) is 2.08. The van der Waals surface area contributed by atoms with Crippen LogP contribution in [0.4, 0.5) is 0 Å². The van der Waals surface area contributed by atoms with E-state index in [-0.39, 0.29) is 12.1 Å². The zero-order valence-corrected chi connectivity index (χ0v) is 10.3. The zero-order chi connectivity index (χ0) is 12.0. The van der Waals surface area contributed by atoms with Gasteiger partial charge in [0.1, 0.15) is 5.75 Å². The van der Waals surface area contributed by atoms with E-state index in [9.17, 15) is 0 Å². The van der Waals surface area contributed by atoms with E-state index in [4.69, 9.17) is 15.2 Å². The average Bonchev–Trinajstić information content (AvgIpc) is 2.31. The highest BCUT2D eigenvalue weighted by Gasteiger charge is 2.17. The Hall–Kier alpha value is -1.06. The summed E-state index contributed by atoms with van der Waals surface area (Å²) >= 11 is 0. The number of hydrogen-bond donors (Lipinski definition) is 1. The molecule has 0 aromatic heterocycles. The van der Waals surface area contributed by atoms with Crippen LogP contribution in [-0.2, 0) is 11.2 Å². The number of benzene rings is 1. The van der Waals surface area contributed by atoms with Gasteiger partial charge in [-0.3, -0.25) is 0 Å². The molecule has 0 aliphatic heterocycles. The van der Waals surface area contributed by atoms with Crippen LogP contribution in [0.15, 0.2) is 24.3 Å². The monoisotopic (exact) mass is 223 g/mol. The van der Waals surface area contributed by atoms with E-state index in [1.54, 1.807) is 14.2 Å². The Morgan fingerprint density at radius 2 is 1.94 bits per heavy atom. The summed E-state index contributed by atoms with van der Waals surface area (Å²) in [5.41, 5.74) is 7.25. The summed E-state index contributed by atoms with van der Waals surface area (Å²) in [5.74, 6) is 0.893. The van der Waals surface area contributed by atoms with E-state index < -0.39 is 0 Å². The highest BCUT2D eigenvalue weighted by molar-refractivity contribution is 5.33. The van der Waals surface area contributed by atoms with E-state index in [2.05, 4.69) is 6.92 Å². The molecule has 0 spiro atoms. The molecule has 0 radical (unpaired) electrons. The van der Waals surface area contributed by atoms with Crippen molar-refractivity contribution in [2.75, 3.05) is 14.2 Å². The van der Waals surface area contributed by atoms with Crippen LogP contribution in [0.1, 0.15) is 18.9 Å². The van der Waals surface area contributed by atoms with Crippen LogP contribution in [-0.4, -0.2) is 26.4 Å². The Balaban J connectivity index is 2.71. The second-order valence-electron chi connectivity index (χ2n) is 3.86. The first-order valence-corrected chi connectivity index (χ1v) is 5.63. The predicted octanol–water partition coefficient (Wildman–Crippen LogP) is 1.99. The molecule has 2 atom stereocenters. The van der Waals surface area contributed by atoms with E-state index in [1.165, 1.54) is 0 Å². The van der Waals surface area contributed by atoms with Gasteiger partial charge in [-0.05, 0) is 24.5 Å². The van der Waals surface area contributed by atoms with Gasteiger partial charge in [-0.2, -0.15) is 0 Å². The molecule has 3 heteroatoms. The van der Waals surface area contributed by atoms with Crippen molar-refractivity contribution in [1.29, 1.82) is 0 Å². The maximum Gasteiger partial charge on any atom is 0.122 e. The molecule has 1 rings (SSSR count). The zero-order valence-electron chi connectivity index (χ0n) is 10.3. The first-order chi connectivity index (χ1) is 7.72. The van der Waals surface area contributed by atoms with Gasteiger partial charge in [-0.1, -0.05) is 25.1 Å². The lowest BCUT2D eigenvalue weighted by Gasteiger charge is -2.21. The highest BCUT2D eigenvalue weighted by atomic mass is 16.5. The van der Waals surface area contributed by atoms with Crippen LogP contribution in [0.5, 0.6) is 5.75 Å². The van der Waals surface area contributed by atoms with Crippen molar-refractivity contribution in [3.8, 4) is 5.75 Å². The van der Waals surface area contributed by atoms with Gasteiger partial charge < -0.3 is 15.2 Å². The van der Waals surface area contributed by atoms with Crippen LogP contribution in [0.25, 0.3) is 0 Å². The molecule has 0 bridgehead atoms. The molecule has 1 aromatic carbocycles. The summed E-state index contributed by atoms with van der Waals surface area (Å²) in [7, 11) is 3.38. The Morgan fingerprint density at radius 3 is 2.50 bits per heavy atom. The molecule has 0 aliphatic rings. The molecule has 3 nitrogen and oxygen atoms in total. The molecule has 0 amide bonds. The minimum Gasteiger partial charge on any atom is -0.496 e. The third kappa shape index (κ3) is 3.22. The van der Waals surface area contributed by atoms with Crippen LogP contribution < -0.4 is 10.5 Å². The van der Waals surface area contributed by atoms with Gasteiger partial charge in [-0.15, -0.1) is 0 Å². The van der Waals surface area contributed by atoms with Crippen molar-refractivity contribution in [2.24, 2.45) is 5.73 Å². The molecule has 2 unspecified atom stereocenters. The fourth-order valence-electron chi connectivity index (χ4n) is 1.90. The first-order valence-electron chi connectivity index (χ1n) is 5.63. The topological polar surface area (TPSA) is 44.5 Å². The summed E-state index contributed by atoms with van der Waals surface area (Å²) in [5, 5.41) is 0. The molecular formula is C13H21NO2. The maximum atomic E-state index is 6.11. The lowest BCUT2D eigenvalue weighted by molar-refractivity contribution is 0.0771. The molecule has 0 heterocycles. The molecule has 2 N–H and O–H groups in total. The smallest absolute Gasteiger partial charge is 0.122 e. The number of nitrogens with two attached hydrogens (primary N) is 1. The van der Waals surface area contributed by atoms with Crippen LogP contribution in [0.3, 0.4) is 0 Å². The molecule has 90 valence electrons. The van der Waals surface area contributed by atoms with Crippen molar-refractivity contribution in [3.63, 3.8) is 0 Å². The summed E-state index contributed by atoms with van der Waals surface area (Å²) in [6, 6.07) is 7.96. The second-order valence-corrected chi connectivity index (χ2v) is 3.86. The van der Waals surface area contributed by atoms with Gasteiger partial charge in [-0.25, -0.2) is 0 Å². The normalized spacial score (nSPS) is 14.5. The summed E-state index contributed by atoms with van der Waals surface area (Å²) in [4.78, 5) is 0. The lowest BCUT2D eigenvalue weighted by atomic mass is 10.00. The van der Waals surface area contributed by atoms with E-state index in [0.29, 0.717) is 0 Å². The minimum absolute atomic E-state index is 0.00583. The van der Waals surface area contributed by atoms with Crippen molar-refractivity contribution in [1.82, 2.24) is 0 Å². The van der Waals surface area contributed by atoms with E-state index in [1.807, 2.05) is 24.3 Å². The lowest BCUT2D eigenvalue weighted by Crippen LogP contribution is -2.37. The Labute approximate surface area is 97.6 Å². The highest BCUT2D eigenvalue weighted by Crippen LogP contribution is 2.20. The fourth-order valence-corrected chi connectivity index (χ4v) is 1.90. The van der Waals surface area contributed by atoms with E-state index >= 15 is 0 Å².